The quantitative estimate of drug-likeness (QED) is 0.854. The van der Waals surface area contributed by atoms with Crippen LogP contribution in [0.2, 0.25) is 0 Å². The lowest BCUT2D eigenvalue weighted by Crippen LogP contribution is -2.61. The Hall–Kier alpha value is -2.18. The number of halogens is 1. The molecule has 0 N–H and O–H groups in total. The van der Waals surface area contributed by atoms with Gasteiger partial charge >= 0.3 is 0 Å². The van der Waals surface area contributed by atoms with E-state index in [0.717, 1.165) is 13.1 Å². The minimum Gasteiger partial charge on any atom is -0.298 e. The normalized spacial score (nSPS) is 19.8. The molecule has 0 aromatic heterocycles. The van der Waals surface area contributed by atoms with Crippen LogP contribution in [0.4, 0.5) is 4.39 Å². The Morgan fingerprint density at radius 1 is 1.13 bits per heavy atom. The van der Waals surface area contributed by atoms with Gasteiger partial charge in [0, 0.05) is 25.2 Å². The van der Waals surface area contributed by atoms with E-state index in [2.05, 4.69) is 35.2 Å². The Kier molecular flexibility index (Phi) is 3.43. The highest BCUT2D eigenvalue weighted by Gasteiger charge is 2.52. The fraction of sp³-hybridized carbons (Fsp3) is 0.350. The Morgan fingerprint density at radius 3 is 2.52 bits per heavy atom. The molecule has 2 nitrogen and oxygen atoms in total. The van der Waals surface area contributed by atoms with Gasteiger partial charge in [-0.2, -0.15) is 5.26 Å². The molecule has 2 aromatic carbocycles. The summed E-state index contributed by atoms with van der Waals surface area (Å²) in [5, 5.41) is 8.79. The van der Waals surface area contributed by atoms with Crippen molar-refractivity contribution in [1.82, 2.24) is 4.90 Å². The fourth-order valence-electron chi connectivity index (χ4n) is 4.20. The summed E-state index contributed by atoms with van der Waals surface area (Å²) in [6.07, 6.45) is 2.51. The van der Waals surface area contributed by atoms with Crippen molar-refractivity contribution in [3.8, 4) is 6.07 Å². The van der Waals surface area contributed by atoms with Gasteiger partial charge in [0.25, 0.3) is 0 Å². The second kappa shape index (κ2) is 5.47. The standard InChI is InChI=1S/C20H19FN2/c21-19-8-15(11-22)6-7-17(19)12-23-13-20(14-23)9-18(10-20)16-4-2-1-3-5-16/h1-8,18H,9-10,12-14H2. The van der Waals surface area contributed by atoms with E-state index < -0.39 is 0 Å². The largest absolute Gasteiger partial charge is 0.298 e. The molecule has 1 heterocycles. The van der Waals surface area contributed by atoms with Crippen molar-refractivity contribution >= 4 is 0 Å². The van der Waals surface area contributed by atoms with Gasteiger partial charge in [-0.1, -0.05) is 36.4 Å². The number of hydrogen-bond acceptors (Lipinski definition) is 2. The van der Waals surface area contributed by atoms with Gasteiger partial charge in [-0.05, 0) is 41.9 Å². The maximum Gasteiger partial charge on any atom is 0.129 e. The Morgan fingerprint density at radius 2 is 1.87 bits per heavy atom. The zero-order valence-electron chi connectivity index (χ0n) is 13.0. The van der Waals surface area contributed by atoms with Gasteiger partial charge in [-0.15, -0.1) is 0 Å². The molecule has 1 saturated carbocycles. The van der Waals surface area contributed by atoms with E-state index in [1.165, 1.54) is 24.5 Å². The molecular formula is C20H19FN2. The summed E-state index contributed by atoms with van der Waals surface area (Å²) in [6.45, 7) is 2.78. The monoisotopic (exact) mass is 306 g/mol. The van der Waals surface area contributed by atoms with Crippen LogP contribution in [0.25, 0.3) is 0 Å². The zero-order valence-corrected chi connectivity index (χ0v) is 13.0. The topological polar surface area (TPSA) is 27.0 Å². The van der Waals surface area contributed by atoms with Crippen molar-refractivity contribution in [3.63, 3.8) is 0 Å². The molecule has 0 unspecified atom stereocenters. The van der Waals surface area contributed by atoms with Crippen molar-refractivity contribution in [1.29, 1.82) is 5.26 Å². The van der Waals surface area contributed by atoms with Gasteiger partial charge in [0.05, 0.1) is 11.6 Å². The molecule has 0 atom stereocenters. The van der Waals surface area contributed by atoms with E-state index in [-0.39, 0.29) is 5.82 Å². The van der Waals surface area contributed by atoms with E-state index in [9.17, 15) is 4.39 Å². The van der Waals surface area contributed by atoms with Crippen molar-refractivity contribution in [3.05, 3.63) is 71.0 Å². The van der Waals surface area contributed by atoms with Crippen LogP contribution in [-0.4, -0.2) is 18.0 Å². The first-order valence-corrected chi connectivity index (χ1v) is 8.13. The second-order valence-electron chi connectivity index (χ2n) is 7.08. The molecule has 4 rings (SSSR count). The lowest BCUT2D eigenvalue weighted by Gasteiger charge is -2.59. The third-order valence-corrected chi connectivity index (χ3v) is 5.32. The van der Waals surface area contributed by atoms with E-state index in [1.807, 2.05) is 6.07 Å². The maximum absolute atomic E-state index is 14.0. The van der Waals surface area contributed by atoms with Crippen LogP contribution in [-0.2, 0) is 6.54 Å². The fourth-order valence-corrected chi connectivity index (χ4v) is 4.20. The number of nitriles is 1. The van der Waals surface area contributed by atoms with E-state index in [1.54, 1.807) is 12.1 Å². The molecule has 0 bridgehead atoms. The summed E-state index contributed by atoms with van der Waals surface area (Å²) in [5.41, 5.74) is 2.99. The summed E-state index contributed by atoms with van der Waals surface area (Å²) in [6, 6.07) is 17.5. The molecule has 1 spiro atoms. The van der Waals surface area contributed by atoms with Gasteiger partial charge in [-0.3, -0.25) is 4.90 Å². The number of rotatable bonds is 3. The lowest BCUT2D eigenvalue weighted by atomic mass is 9.56. The van der Waals surface area contributed by atoms with Gasteiger partial charge in [0.1, 0.15) is 5.82 Å². The third kappa shape index (κ3) is 2.64. The van der Waals surface area contributed by atoms with E-state index >= 15 is 0 Å². The average molecular weight is 306 g/mol. The van der Waals surface area contributed by atoms with Gasteiger partial charge in [0.15, 0.2) is 0 Å². The van der Waals surface area contributed by atoms with Crippen LogP contribution in [0.15, 0.2) is 48.5 Å². The van der Waals surface area contributed by atoms with E-state index in [4.69, 9.17) is 5.26 Å². The molecule has 1 aliphatic heterocycles. The lowest BCUT2D eigenvalue weighted by molar-refractivity contribution is -0.0779. The molecule has 0 radical (unpaired) electrons. The van der Waals surface area contributed by atoms with Gasteiger partial charge in [-0.25, -0.2) is 4.39 Å². The van der Waals surface area contributed by atoms with Crippen LogP contribution >= 0.6 is 0 Å². The minimum atomic E-state index is -0.263. The maximum atomic E-state index is 14.0. The first-order chi connectivity index (χ1) is 11.2. The molecule has 2 aliphatic rings. The minimum absolute atomic E-state index is 0.263. The smallest absolute Gasteiger partial charge is 0.129 e. The van der Waals surface area contributed by atoms with Crippen LogP contribution in [0.3, 0.4) is 0 Å². The van der Waals surface area contributed by atoms with Crippen molar-refractivity contribution in [2.45, 2.75) is 25.3 Å². The van der Waals surface area contributed by atoms with Gasteiger partial charge in [0.2, 0.25) is 0 Å². The molecule has 3 heteroatoms. The van der Waals surface area contributed by atoms with E-state index in [0.29, 0.717) is 29.0 Å². The van der Waals surface area contributed by atoms with Crippen molar-refractivity contribution < 1.29 is 4.39 Å². The summed E-state index contributed by atoms with van der Waals surface area (Å²) >= 11 is 0. The molecule has 1 saturated heterocycles. The highest BCUT2D eigenvalue weighted by molar-refractivity contribution is 5.33. The summed E-state index contributed by atoms with van der Waals surface area (Å²) < 4.78 is 14.0. The van der Waals surface area contributed by atoms with Crippen LogP contribution in [0, 0.1) is 22.6 Å². The number of likely N-dealkylation sites (tertiary alicyclic amines) is 1. The summed E-state index contributed by atoms with van der Waals surface area (Å²) in [4.78, 5) is 2.31. The van der Waals surface area contributed by atoms with Crippen molar-refractivity contribution in [2.24, 2.45) is 5.41 Å². The first-order valence-electron chi connectivity index (χ1n) is 8.13. The highest BCUT2D eigenvalue weighted by Crippen LogP contribution is 2.56. The molecule has 2 fully saturated rings. The van der Waals surface area contributed by atoms with Crippen LogP contribution in [0.1, 0.15) is 35.4 Å². The number of benzene rings is 2. The molecular weight excluding hydrogens is 287 g/mol. The Bertz CT molecular complexity index is 749. The Balaban J connectivity index is 1.32. The van der Waals surface area contributed by atoms with Crippen molar-refractivity contribution in [2.75, 3.05) is 13.1 Å². The molecule has 1 aliphatic carbocycles. The molecule has 116 valence electrons. The highest BCUT2D eigenvalue weighted by atomic mass is 19.1. The molecule has 23 heavy (non-hydrogen) atoms. The summed E-state index contributed by atoms with van der Waals surface area (Å²) in [7, 11) is 0. The van der Waals surface area contributed by atoms with Gasteiger partial charge < -0.3 is 0 Å². The second-order valence-corrected chi connectivity index (χ2v) is 7.08. The Labute approximate surface area is 136 Å². The van der Waals surface area contributed by atoms with Crippen LogP contribution < -0.4 is 0 Å². The third-order valence-electron chi connectivity index (χ3n) is 5.32. The molecule has 0 amide bonds. The van der Waals surface area contributed by atoms with Crippen LogP contribution in [0.5, 0.6) is 0 Å². The number of nitrogens with zero attached hydrogens (tertiary/aromatic N) is 2. The first kappa shape index (κ1) is 14.4. The number of hydrogen-bond donors (Lipinski definition) is 0. The summed E-state index contributed by atoms with van der Waals surface area (Å²) in [5.74, 6) is 0.436. The predicted octanol–water partition coefficient (Wildman–Crippen LogP) is 4.08. The predicted molar refractivity (Wildman–Crippen MR) is 87.2 cm³/mol. The SMILES string of the molecule is N#Cc1ccc(CN2CC3(CC(c4ccccc4)C3)C2)c(F)c1. The zero-order chi connectivity index (χ0) is 15.9. The average Bonchev–Trinajstić information content (AvgIpc) is 2.50. The molecule has 2 aromatic rings.